The molecular weight excluding hydrogens is 202 g/mol. The molecule has 1 heterocycles. The van der Waals surface area contributed by atoms with Gasteiger partial charge in [-0.15, -0.1) is 0 Å². The Morgan fingerprint density at radius 2 is 2.25 bits per heavy atom. The summed E-state index contributed by atoms with van der Waals surface area (Å²) in [6.45, 7) is 3.87. The monoisotopic (exact) mass is 219 g/mol. The highest BCUT2D eigenvalue weighted by Crippen LogP contribution is 2.24. The minimum Gasteiger partial charge on any atom is -0.382 e. The predicted octanol–water partition coefficient (Wildman–Crippen LogP) is 1.79. The van der Waals surface area contributed by atoms with Crippen molar-refractivity contribution in [3.05, 3.63) is 24.0 Å². The van der Waals surface area contributed by atoms with Gasteiger partial charge in [-0.25, -0.2) is 0 Å². The van der Waals surface area contributed by atoms with Crippen LogP contribution in [0, 0.1) is 0 Å². The minimum atomic E-state index is -0.116. The van der Waals surface area contributed by atoms with Gasteiger partial charge in [0.1, 0.15) is 5.69 Å². The molecule has 86 valence electrons. The zero-order valence-electron chi connectivity index (χ0n) is 9.66. The van der Waals surface area contributed by atoms with Crippen molar-refractivity contribution in [2.75, 3.05) is 5.32 Å². The number of carbonyl (C=O) groups excluding carboxylic acids is 1. The molecule has 2 N–H and O–H groups in total. The lowest BCUT2D eigenvalue weighted by atomic mass is 10.2. The van der Waals surface area contributed by atoms with E-state index in [0.717, 1.165) is 5.69 Å². The maximum Gasteiger partial charge on any atom is 0.270 e. The third-order valence-corrected chi connectivity index (χ3v) is 2.36. The molecule has 4 nitrogen and oxygen atoms in total. The molecule has 1 aliphatic carbocycles. The van der Waals surface area contributed by atoms with Crippen molar-refractivity contribution >= 4 is 11.6 Å². The van der Waals surface area contributed by atoms with E-state index in [0.29, 0.717) is 11.7 Å². The number of carbonyl (C=O) groups is 1. The van der Waals surface area contributed by atoms with Gasteiger partial charge in [0, 0.05) is 24.0 Å². The second-order valence-corrected chi connectivity index (χ2v) is 4.48. The van der Waals surface area contributed by atoms with Crippen LogP contribution in [0.15, 0.2) is 18.3 Å². The fourth-order valence-electron chi connectivity index (χ4n) is 1.44. The highest BCUT2D eigenvalue weighted by molar-refractivity contribution is 5.93. The van der Waals surface area contributed by atoms with Gasteiger partial charge in [-0.3, -0.25) is 9.78 Å². The molecule has 0 bridgehead atoms. The molecular formula is C12H17N3O. The number of amides is 1. The molecule has 0 unspecified atom stereocenters. The van der Waals surface area contributed by atoms with Crippen LogP contribution in [0.3, 0.4) is 0 Å². The maximum atomic E-state index is 11.7. The summed E-state index contributed by atoms with van der Waals surface area (Å²) in [5.41, 5.74) is 1.45. The van der Waals surface area contributed by atoms with E-state index in [4.69, 9.17) is 0 Å². The summed E-state index contributed by atoms with van der Waals surface area (Å²) in [4.78, 5) is 15.8. The third-order valence-electron chi connectivity index (χ3n) is 2.36. The maximum absolute atomic E-state index is 11.7. The zero-order valence-corrected chi connectivity index (χ0v) is 9.66. The summed E-state index contributed by atoms with van der Waals surface area (Å²) in [6.07, 6.45) is 4.10. The number of hydrogen-bond donors (Lipinski definition) is 2. The number of aromatic nitrogens is 1. The van der Waals surface area contributed by atoms with Gasteiger partial charge >= 0.3 is 0 Å². The molecule has 0 saturated heterocycles. The van der Waals surface area contributed by atoms with Crippen molar-refractivity contribution in [1.29, 1.82) is 0 Å². The Bertz CT molecular complexity index is 386. The molecule has 1 aliphatic rings. The molecule has 0 atom stereocenters. The first kappa shape index (κ1) is 10.9. The van der Waals surface area contributed by atoms with Crippen LogP contribution in [0.5, 0.6) is 0 Å². The van der Waals surface area contributed by atoms with Crippen LogP contribution in [-0.4, -0.2) is 23.0 Å². The van der Waals surface area contributed by atoms with Crippen molar-refractivity contribution < 1.29 is 4.79 Å². The highest BCUT2D eigenvalue weighted by atomic mass is 16.1. The van der Waals surface area contributed by atoms with Gasteiger partial charge < -0.3 is 10.6 Å². The molecule has 16 heavy (non-hydrogen) atoms. The summed E-state index contributed by atoms with van der Waals surface area (Å²) < 4.78 is 0. The van der Waals surface area contributed by atoms with Gasteiger partial charge in [0.25, 0.3) is 5.91 Å². The van der Waals surface area contributed by atoms with E-state index in [-0.39, 0.29) is 11.9 Å². The average molecular weight is 219 g/mol. The quantitative estimate of drug-likeness (QED) is 0.811. The Morgan fingerprint density at radius 1 is 1.50 bits per heavy atom. The Labute approximate surface area is 95.5 Å². The van der Waals surface area contributed by atoms with Gasteiger partial charge in [-0.2, -0.15) is 0 Å². The Kier molecular flexibility index (Phi) is 3.08. The standard InChI is InChI=1S/C12H17N3O/c1-8(2)14-12(16)11-7-10(5-6-13-11)15-9-3-4-9/h5-9H,3-4H2,1-2H3,(H,13,15)(H,14,16). The van der Waals surface area contributed by atoms with Crippen molar-refractivity contribution in [2.45, 2.75) is 38.8 Å². The number of hydrogen-bond acceptors (Lipinski definition) is 3. The smallest absolute Gasteiger partial charge is 0.270 e. The van der Waals surface area contributed by atoms with E-state index in [9.17, 15) is 4.79 Å². The summed E-state index contributed by atoms with van der Waals surface area (Å²) in [5, 5.41) is 6.17. The van der Waals surface area contributed by atoms with Crippen LogP contribution in [0.2, 0.25) is 0 Å². The van der Waals surface area contributed by atoms with Gasteiger partial charge in [0.15, 0.2) is 0 Å². The SMILES string of the molecule is CC(C)NC(=O)c1cc(NC2CC2)ccn1. The Balaban J connectivity index is 2.05. The van der Waals surface area contributed by atoms with Gasteiger partial charge in [-0.05, 0) is 38.8 Å². The lowest BCUT2D eigenvalue weighted by Crippen LogP contribution is -2.30. The second kappa shape index (κ2) is 4.51. The summed E-state index contributed by atoms with van der Waals surface area (Å²) >= 11 is 0. The number of nitrogens with zero attached hydrogens (tertiary/aromatic N) is 1. The molecule has 1 aromatic rings. The fourth-order valence-corrected chi connectivity index (χ4v) is 1.44. The number of nitrogens with one attached hydrogen (secondary N) is 2. The van der Waals surface area contributed by atoms with Crippen LogP contribution in [0.25, 0.3) is 0 Å². The Hall–Kier alpha value is -1.58. The van der Waals surface area contributed by atoms with Crippen molar-refractivity contribution in [3.8, 4) is 0 Å². The lowest BCUT2D eigenvalue weighted by Gasteiger charge is -2.09. The van der Waals surface area contributed by atoms with Crippen LogP contribution in [-0.2, 0) is 0 Å². The van der Waals surface area contributed by atoms with E-state index >= 15 is 0 Å². The van der Waals surface area contributed by atoms with Crippen LogP contribution < -0.4 is 10.6 Å². The van der Waals surface area contributed by atoms with E-state index in [2.05, 4.69) is 15.6 Å². The average Bonchev–Trinajstić information content (AvgIpc) is 3.01. The molecule has 0 aliphatic heterocycles. The van der Waals surface area contributed by atoms with Crippen molar-refractivity contribution in [3.63, 3.8) is 0 Å². The van der Waals surface area contributed by atoms with Gasteiger partial charge in [0.2, 0.25) is 0 Å². The second-order valence-electron chi connectivity index (χ2n) is 4.48. The molecule has 0 radical (unpaired) electrons. The highest BCUT2D eigenvalue weighted by Gasteiger charge is 2.21. The first-order valence-corrected chi connectivity index (χ1v) is 5.68. The summed E-state index contributed by atoms with van der Waals surface area (Å²) in [7, 11) is 0. The van der Waals surface area contributed by atoms with Crippen LogP contribution >= 0.6 is 0 Å². The van der Waals surface area contributed by atoms with E-state index in [1.165, 1.54) is 12.8 Å². The predicted molar refractivity (Wildman–Crippen MR) is 63.5 cm³/mol. The zero-order chi connectivity index (χ0) is 11.5. The Morgan fingerprint density at radius 3 is 2.88 bits per heavy atom. The molecule has 4 heteroatoms. The number of rotatable bonds is 4. The van der Waals surface area contributed by atoms with Crippen molar-refractivity contribution in [2.24, 2.45) is 0 Å². The third kappa shape index (κ3) is 2.95. The van der Waals surface area contributed by atoms with E-state index in [1.54, 1.807) is 12.3 Å². The summed E-state index contributed by atoms with van der Waals surface area (Å²) in [5.74, 6) is -0.116. The van der Waals surface area contributed by atoms with Crippen LogP contribution in [0.1, 0.15) is 37.2 Å². The number of pyridine rings is 1. The molecule has 2 rings (SSSR count). The van der Waals surface area contributed by atoms with Gasteiger partial charge in [0.05, 0.1) is 0 Å². The van der Waals surface area contributed by atoms with Gasteiger partial charge in [-0.1, -0.05) is 0 Å². The largest absolute Gasteiger partial charge is 0.382 e. The first-order valence-electron chi connectivity index (χ1n) is 5.68. The fraction of sp³-hybridized carbons (Fsp3) is 0.500. The topological polar surface area (TPSA) is 54.0 Å². The minimum absolute atomic E-state index is 0.116. The molecule has 1 fully saturated rings. The van der Waals surface area contributed by atoms with E-state index < -0.39 is 0 Å². The molecule has 1 saturated carbocycles. The first-order chi connectivity index (χ1) is 7.65. The van der Waals surface area contributed by atoms with E-state index in [1.807, 2.05) is 19.9 Å². The molecule has 1 amide bonds. The molecule has 1 aromatic heterocycles. The molecule has 0 aromatic carbocycles. The summed E-state index contributed by atoms with van der Waals surface area (Å²) in [6, 6.07) is 4.42. The normalized spacial score (nSPS) is 14.9. The number of anilines is 1. The molecule has 0 spiro atoms. The van der Waals surface area contributed by atoms with Crippen molar-refractivity contribution in [1.82, 2.24) is 10.3 Å². The van der Waals surface area contributed by atoms with Crippen LogP contribution in [0.4, 0.5) is 5.69 Å². The lowest BCUT2D eigenvalue weighted by molar-refractivity contribution is 0.0938.